The van der Waals surface area contributed by atoms with E-state index >= 15 is 0 Å². The Kier molecular flexibility index (Phi) is 4.82. The van der Waals surface area contributed by atoms with Crippen molar-refractivity contribution in [2.24, 2.45) is 5.92 Å². The number of hydrogen-bond acceptors (Lipinski definition) is 3. The summed E-state index contributed by atoms with van der Waals surface area (Å²) in [4.78, 5) is 22.2. The van der Waals surface area contributed by atoms with Crippen molar-refractivity contribution in [1.29, 1.82) is 0 Å². The Labute approximate surface area is 152 Å². The predicted molar refractivity (Wildman–Crippen MR) is 98.7 cm³/mol. The number of aromatic amines is 1. The standard InChI is InChI=1S/C20H23N5O/c26-20(19-11-21-10-18(19)9-16-5-2-1-3-6-16)24-8-4-7-17(12-24)13-25-15-22-14-23-25/h1-3,5-6,10-11,14-15,17,21H,4,7-9,12-13H2. The zero-order chi connectivity index (χ0) is 17.8. The van der Waals surface area contributed by atoms with Crippen LogP contribution in [0.3, 0.4) is 0 Å². The fourth-order valence-electron chi connectivity index (χ4n) is 3.72. The van der Waals surface area contributed by atoms with Gasteiger partial charge in [-0.2, -0.15) is 5.10 Å². The monoisotopic (exact) mass is 349 g/mol. The number of hydrogen-bond donors (Lipinski definition) is 1. The Morgan fingerprint density at radius 3 is 2.92 bits per heavy atom. The van der Waals surface area contributed by atoms with Crippen LogP contribution in [0, 0.1) is 5.92 Å². The van der Waals surface area contributed by atoms with Crippen molar-refractivity contribution >= 4 is 5.91 Å². The van der Waals surface area contributed by atoms with E-state index in [2.05, 4.69) is 27.2 Å². The molecule has 1 amide bonds. The number of rotatable bonds is 5. The lowest BCUT2D eigenvalue weighted by molar-refractivity contribution is 0.0659. The van der Waals surface area contributed by atoms with Gasteiger partial charge in [-0.15, -0.1) is 0 Å². The second kappa shape index (κ2) is 7.56. The highest BCUT2D eigenvalue weighted by molar-refractivity contribution is 5.95. The van der Waals surface area contributed by atoms with Crippen LogP contribution < -0.4 is 0 Å². The van der Waals surface area contributed by atoms with Crippen LogP contribution >= 0.6 is 0 Å². The maximum atomic E-state index is 13.1. The number of benzene rings is 1. The highest BCUT2D eigenvalue weighted by Gasteiger charge is 2.26. The van der Waals surface area contributed by atoms with Crippen molar-refractivity contribution in [3.8, 4) is 0 Å². The third-order valence-corrected chi connectivity index (χ3v) is 5.02. The Balaban J connectivity index is 1.45. The fraction of sp³-hybridized carbons (Fsp3) is 0.350. The van der Waals surface area contributed by atoms with Gasteiger partial charge in [-0.05, 0) is 36.3 Å². The minimum Gasteiger partial charge on any atom is -0.367 e. The Hall–Kier alpha value is -2.89. The second-order valence-corrected chi connectivity index (χ2v) is 6.93. The summed E-state index contributed by atoms with van der Waals surface area (Å²) in [5.41, 5.74) is 3.05. The molecule has 1 fully saturated rings. The molecule has 1 N–H and O–H groups in total. The van der Waals surface area contributed by atoms with Crippen molar-refractivity contribution in [3.63, 3.8) is 0 Å². The maximum absolute atomic E-state index is 13.1. The van der Waals surface area contributed by atoms with Gasteiger partial charge in [0.25, 0.3) is 5.91 Å². The molecule has 0 radical (unpaired) electrons. The van der Waals surface area contributed by atoms with Gasteiger partial charge >= 0.3 is 0 Å². The summed E-state index contributed by atoms with van der Waals surface area (Å²) in [6.45, 7) is 2.41. The molecule has 0 bridgehead atoms. The summed E-state index contributed by atoms with van der Waals surface area (Å²) in [5.74, 6) is 0.548. The number of piperidine rings is 1. The number of carbonyl (C=O) groups is 1. The minimum atomic E-state index is 0.125. The van der Waals surface area contributed by atoms with E-state index in [1.165, 1.54) is 5.56 Å². The summed E-state index contributed by atoms with van der Waals surface area (Å²) in [7, 11) is 0. The van der Waals surface area contributed by atoms with Crippen molar-refractivity contribution in [2.75, 3.05) is 13.1 Å². The zero-order valence-electron chi connectivity index (χ0n) is 14.7. The zero-order valence-corrected chi connectivity index (χ0v) is 14.7. The van der Waals surface area contributed by atoms with Crippen molar-refractivity contribution in [3.05, 3.63) is 72.1 Å². The molecule has 1 unspecified atom stereocenters. The third-order valence-electron chi connectivity index (χ3n) is 5.02. The highest BCUT2D eigenvalue weighted by atomic mass is 16.2. The molecule has 2 aromatic heterocycles. The van der Waals surface area contributed by atoms with E-state index in [1.54, 1.807) is 12.7 Å². The SMILES string of the molecule is O=C(c1c[nH]cc1Cc1ccccc1)N1CCCC(Cn2cncn2)C1. The molecule has 1 aliphatic heterocycles. The van der Waals surface area contributed by atoms with Gasteiger partial charge in [-0.1, -0.05) is 30.3 Å². The first-order valence-electron chi connectivity index (χ1n) is 9.11. The number of H-pyrrole nitrogens is 1. The molecule has 1 atom stereocenters. The van der Waals surface area contributed by atoms with E-state index in [1.807, 2.05) is 40.2 Å². The second-order valence-electron chi connectivity index (χ2n) is 6.93. The quantitative estimate of drug-likeness (QED) is 0.770. The van der Waals surface area contributed by atoms with Crippen LogP contribution in [0.5, 0.6) is 0 Å². The summed E-state index contributed by atoms with van der Waals surface area (Å²) < 4.78 is 1.86. The van der Waals surface area contributed by atoms with Crippen LogP contribution in [0.1, 0.15) is 34.3 Å². The van der Waals surface area contributed by atoms with Crippen molar-refractivity contribution < 1.29 is 4.79 Å². The smallest absolute Gasteiger partial charge is 0.255 e. The Bertz CT molecular complexity index is 840. The van der Waals surface area contributed by atoms with E-state index in [-0.39, 0.29) is 5.91 Å². The molecule has 1 aliphatic rings. The van der Waals surface area contributed by atoms with Crippen LogP contribution in [-0.4, -0.2) is 43.6 Å². The molecule has 6 heteroatoms. The highest BCUT2D eigenvalue weighted by Crippen LogP contribution is 2.22. The van der Waals surface area contributed by atoms with Gasteiger partial charge < -0.3 is 9.88 Å². The van der Waals surface area contributed by atoms with Gasteiger partial charge in [-0.25, -0.2) is 4.98 Å². The first-order chi connectivity index (χ1) is 12.8. The molecule has 6 nitrogen and oxygen atoms in total. The molecule has 1 aromatic carbocycles. The molecule has 0 spiro atoms. The fourth-order valence-corrected chi connectivity index (χ4v) is 3.72. The van der Waals surface area contributed by atoms with Crippen LogP contribution in [0.25, 0.3) is 0 Å². The summed E-state index contributed by atoms with van der Waals surface area (Å²) >= 11 is 0. The van der Waals surface area contributed by atoms with E-state index in [4.69, 9.17) is 0 Å². The number of aromatic nitrogens is 4. The number of carbonyl (C=O) groups excluding carboxylic acids is 1. The molecule has 4 rings (SSSR count). The summed E-state index contributed by atoms with van der Waals surface area (Å²) in [6, 6.07) is 10.3. The number of nitrogens with one attached hydrogen (secondary N) is 1. The van der Waals surface area contributed by atoms with Gasteiger partial charge in [0, 0.05) is 32.0 Å². The molecule has 0 aliphatic carbocycles. The van der Waals surface area contributed by atoms with Crippen LogP contribution in [0.15, 0.2) is 55.4 Å². The first kappa shape index (κ1) is 16.6. The Morgan fingerprint density at radius 1 is 1.23 bits per heavy atom. The third kappa shape index (κ3) is 3.69. The van der Waals surface area contributed by atoms with Gasteiger partial charge in [0.15, 0.2) is 0 Å². The molecule has 134 valence electrons. The normalized spacial score (nSPS) is 17.4. The number of nitrogens with zero attached hydrogens (tertiary/aromatic N) is 4. The van der Waals surface area contributed by atoms with Crippen molar-refractivity contribution in [2.45, 2.75) is 25.8 Å². The largest absolute Gasteiger partial charge is 0.367 e. The first-order valence-corrected chi connectivity index (χ1v) is 9.11. The lowest BCUT2D eigenvalue weighted by Gasteiger charge is -2.32. The van der Waals surface area contributed by atoms with Gasteiger partial charge in [0.2, 0.25) is 0 Å². The van der Waals surface area contributed by atoms with Gasteiger partial charge in [0.1, 0.15) is 12.7 Å². The average molecular weight is 349 g/mol. The molecule has 1 saturated heterocycles. The van der Waals surface area contributed by atoms with Crippen LogP contribution in [0.4, 0.5) is 0 Å². The number of amides is 1. The van der Waals surface area contributed by atoms with E-state index in [0.29, 0.717) is 5.92 Å². The molecular formula is C20H23N5O. The van der Waals surface area contributed by atoms with Crippen molar-refractivity contribution in [1.82, 2.24) is 24.6 Å². The van der Waals surface area contributed by atoms with Crippen LogP contribution in [-0.2, 0) is 13.0 Å². The summed E-state index contributed by atoms with van der Waals surface area (Å²) in [6.07, 6.45) is 9.99. The maximum Gasteiger partial charge on any atom is 0.255 e. The Morgan fingerprint density at radius 2 is 2.12 bits per heavy atom. The van der Waals surface area contributed by atoms with E-state index in [9.17, 15) is 4.79 Å². The average Bonchev–Trinajstić information content (AvgIpc) is 3.34. The minimum absolute atomic E-state index is 0.125. The van der Waals surface area contributed by atoms with E-state index < -0.39 is 0 Å². The van der Waals surface area contributed by atoms with E-state index in [0.717, 1.165) is 50.0 Å². The predicted octanol–water partition coefficient (Wildman–Crippen LogP) is 2.75. The van der Waals surface area contributed by atoms with Gasteiger partial charge in [-0.3, -0.25) is 9.48 Å². The molecule has 0 saturated carbocycles. The molecule has 26 heavy (non-hydrogen) atoms. The molecule has 3 aromatic rings. The molecular weight excluding hydrogens is 326 g/mol. The van der Waals surface area contributed by atoms with Crippen LogP contribution in [0.2, 0.25) is 0 Å². The lowest BCUT2D eigenvalue weighted by Crippen LogP contribution is -2.41. The van der Waals surface area contributed by atoms with Gasteiger partial charge in [0.05, 0.1) is 5.56 Å². The summed E-state index contributed by atoms with van der Waals surface area (Å²) in [5, 5.41) is 4.19. The number of likely N-dealkylation sites (tertiary alicyclic amines) is 1. The topological polar surface area (TPSA) is 66.8 Å². The molecule has 3 heterocycles. The lowest BCUT2D eigenvalue weighted by atomic mass is 9.96.